The minimum Gasteiger partial charge on any atom is -0.497 e. The summed E-state index contributed by atoms with van der Waals surface area (Å²) in [5.41, 5.74) is 7.48. The highest BCUT2D eigenvalue weighted by Crippen LogP contribution is 2.34. The first-order chi connectivity index (χ1) is 10.2. The van der Waals surface area contributed by atoms with Crippen molar-refractivity contribution in [2.75, 3.05) is 13.7 Å². The number of hydrogen-bond acceptors (Lipinski definition) is 3. The van der Waals surface area contributed by atoms with Crippen LogP contribution in [-0.4, -0.2) is 30.5 Å². The molecule has 1 aliphatic heterocycles. The van der Waals surface area contributed by atoms with E-state index < -0.39 is 0 Å². The second-order valence-corrected chi connectivity index (χ2v) is 6.25. The van der Waals surface area contributed by atoms with Crippen LogP contribution in [0.5, 0.6) is 5.75 Å². The molecule has 1 aliphatic carbocycles. The summed E-state index contributed by atoms with van der Waals surface area (Å²) in [6.45, 7) is 0.816. The number of ether oxygens (including phenoxy) is 1. The zero-order valence-corrected chi connectivity index (χ0v) is 12.6. The lowest BCUT2D eigenvalue weighted by molar-refractivity contribution is -0.129. The zero-order valence-electron chi connectivity index (χ0n) is 12.6. The number of carbonyl (C=O) groups excluding carboxylic acids is 1. The van der Waals surface area contributed by atoms with E-state index in [2.05, 4.69) is 4.90 Å². The molecule has 1 aromatic rings. The first-order valence-electron chi connectivity index (χ1n) is 7.88. The average molecular weight is 288 g/mol. The molecule has 2 unspecified atom stereocenters. The van der Waals surface area contributed by atoms with Gasteiger partial charge in [0.2, 0.25) is 5.91 Å². The largest absolute Gasteiger partial charge is 0.497 e. The van der Waals surface area contributed by atoms with Crippen molar-refractivity contribution in [3.8, 4) is 5.75 Å². The van der Waals surface area contributed by atoms with E-state index in [1.807, 2.05) is 24.3 Å². The second-order valence-electron chi connectivity index (χ2n) is 6.25. The van der Waals surface area contributed by atoms with Crippen LogP contribution >= 0.6 is 0 Å². The van der Waals surface area contributed by atoms with Gasteiger partial charge in [-0.05, 0) is 30.5 Å². The van der Waals surface area contributed by atoms with E-state index in [0.29, 0.717) is 12.5 Å². The summed E-state index contributed by atoms with van der Waals surface area (Å²) < 4.78 is 5.17. The fourth-order valence-corrected chi connectivity index (χ4v) is 3.67. The monoisotopic (exact) mass is 288 g/mol. The Hall–Kier alpha value is -1.55. The standard InChI is InChI=1S/C17H24N2O2/c1-21-15-8-6-12(7-9-15)17(18)13-10-16(20)19(11-13)14-4-2-3-5-14/h6-9,13-14,17H,2-5,10-11,18H2,1H3. The van der Waals surface area contributed by atoms with Gasteiger partial charge in [-0.2, -0.15) is 0 Å². The van der Waals surface area contributed by atoms with E-state index in [4.69, 9.17) is 10.5 Å². The third kappa shape index (κ3) is 2.91. The van der Waals surface area contributed by atoms with Crippen molar-refractivity contribution in [2.24, 2.45) is 11.7 Å². The number of benzene rings is 1. The van der Waals surface area contributed by atoms with Crippen LogP contribution in [0.2, 0.25) is 0 Å². The maximum absolute atomic E-state index is 12.3. The van der Waals surface area contributed by atoms with Gasteiger partial charge in [0.15, 0.2) is 0 Å². The van der Waals surface area contributed by atoms with Crippen molar-refractivity contribution >= 4 is 5.91 Å². The van der Waals surface area contributed by atoms with E-state index in [9.17, 15) is 4.79 Å². The molecular formula is C17H24N2O2. The molecule has 1 saturated carbocycles. The quantitative estimate of drug-likeness (QED) is 0.926. The van der Waals surface area contributed by atoms with Crippen molar-refractivity contribution in [2.45, 2.75) is 44.2 Å². The Morgan fingerprint density at radius 1 is 1.24 bits per heavy atom. The van der Waals surface area contributed by atoms with E-state index in [0.717, 1.165) is 30.7 Å². The Morgan fingerprint density at radius 2 is 1.90 bits per heavy atom. The minimum atomic E-state index is -0.0775. The fourth-order valence-electron chi connectivity index (χ4n) is 3.67. The summed E-state index contributed by atoms with van der Waals surface area (Å²) >= 11 is 0. The van der Waals surface area contributed by atoms with Crippen LogP contribution in [0.1, 0.15) is 43.7 Å². The predicted molar refractivity (Wildman–Crippen MR) is 82.0 cm³/mol. The van der Waals surface area contributed by atoms with Gasteiger partial charge in [-0.25, -0.2) is 0 Å². The number of carbonyl (C=O) groups is 1. The Kier molecular flexibility index (Phi) is 4.15. The number of rotatable bonds is 4. The van der Waals surface area contributed by atoms with Gasteiger partial charge >= 0.3 is 0 Å². The van der Waals surface area contributed by atoms with Gasteiger partial charge in [-0.3, -0.25) is 4.79 Å². The van der Waals surface area contributed by atoms with Crippen molar-refractivity contribution in [1.82, 2.24) is 4.90 Å². The average Bonchev–Trinajstić information content (AvgIpc) is 3.15. The molecule has 1 amide bonds. The minimum absolute atomic E-state index is 0.0775. The molecule has 3 rings (SSSR count). The molecule has 21 heavy (non-hydrogen) atoms. The van der Waals surface area contributed by atoms with Gasteiger partial charge in [-0.1, -0.05) is 25.0 Å². The predicted octanol–water partition coefficient (Wildman–Crippen LogP) is 2.49. The van der Waals surface area contributed by atoms with Gasteiger partial charge in [0.25, 0.3) is 0 Å². The number of amides is 1. The highest BCUT2D eigenvalue weighted by Gasteiger charge is 2.38. The van der Waals surface area contributed by atoms with Crippen LogP contribution in [0.25, 0.3) is 0 Å². The molecule has 2 N–H and O–H groups in total. The lowest BCUT2D eigenvalue weighted by Crippen LogP contribution is -2.35. The Bertz CT molecular complexity index is 494. The van der Waals surface area contributed by atoms with Crippen LogP contribution in [0.3, 0.4) is 0 Å². The molecule has 1 aromatic carbocycles. The number of methoxy groups -OCH3 is 1. The molecule has 4 nitrogen and oxygen atoms in total. The van der Waals surface area contributed by atoms with Crippen LogP contribution < -0.4 is 10.5 Å². The van der Waals surface area contributed by atoms with E-state index >= 15 is 0 Å². The fraction of sp³-hybridized carbons (Fsp3) is 0.588. The first-order valence-corrected chi connectivity index (χ1v) is 7.88. The molecule has 0 radical (unpaired) electrons. The zero-order chi connectivity index (χ0) is 14.8. The van der Waals surface area contributed by atoms with Crippen molar-refractivity contribution < 1.29 is 9.53 Å². The molecule has 0 spiro atoms. The first kappa shape index (κ1) is 14.4. The van der Waals surface area contributed by atoms with E-state index in [1.165, 1.54) is 12.8 Å². The summed E-state index contributed by atoms with van der Waals surface area (Å²) in [5, 5.41) is 0. The highest BCUT2D eigenvalue weighted by atomic mass is 16.5. The normalized spacial score (nSPS) is 24.6. The van der Waals surface area contributed by atoms with Gasteiger partial charge in [-0.15, -0.1) is 0 Å². The van der Waals surface area contributed by atoms with Crippen molar-refractivity contribution in [1.29, 1.82) is 0 Å². The molecule has 0 bridgehead atoms. The SMILES string of the molecule is COc1ccc(C(N)C2CC(=O)N(C3CCCC3)C2)cc1. The Balaban J connectivity index is 1.67. The van der Waals surface area contributed by atoms with E-state index in [1.54, 1.807) is 7.11 Å². The lowest BCUT2D eigenvalue weighted by atomic mass is 9.93. The lowest BCUT2D eigenvalue weighted by Gasteiger charge is -2.25. The van der Waals surface area contributed by atoms with Crippen LogP contribution in [0, 0.1) is 5.92 Å². The van der Waals surface area contributed by atoms with Gasteiger partial charge in [0.05, 0.1) is 7.11 Å². The Labute approximate surface area is 126 Å². The third-order valence-electron chi connectivity index (χ3n) is 4.96. The number of hydrogen-bond donors (Lipinski definition) is 1. The molecule has 114 valence electrons. The number of likely N-dealkylation sites (tertiary alicyclic amines) is 1. The Morgan fingerprint density at radius 3 is 2.52 bits per heavy atom. The molecule has 0 aromatic heterocycles. The molecular weight excluding hydrogens is 264 g/mol. The maximum Gasteiger partial charge on any atom is 0.223 e. The van der Waals surface area contributed by atoms with Crippen LogP contribution in [0.15, 0.2) is 24.3 Å². The molecule has 2 aliphatic rings. The molecule has 1 heterocycles. The summed E-state index contributed by atoms with van der Waals surface area (Å²) in [4.78, 5) is 14.3. The number of nitrogens with zero attached hydrogens (tertiary/aromatic N) is 1. The topological polar surface area (TPSA) is 55.6 Å². The van der Waals surface area contributed by atoms with Crippen molar-refractivity contribution in [3.05, 3.63) is 29.8 Å². The smallest absolute Gasteiger partial charge is 0.223 e. The molecule has 2 fully saturated rings. The van der Waals surface area contributed by atoms with Crippen LogP contribution in [-0.2, 0) is 4.79 Å². The molecule has 4 heteroatoms. The molecule has 1 saturated heterocycles. The van der Waals surface area contributed by atoms with E-state index in [-0.39, 0.29) is 17.9 Å². The van der Waals surface area contributed by atoms with Gasteiger partial charge in [0, 0.05) is 31.0 Å². The third-order valence-corrected chi connectivity index (χ3v) is 4.96. The highest BCUT2D eigenvalue weighted by molar-refractivity contribution is 5.79. The number of nitrogens with two attached hydrogens (primary N) is 1. The maximum atomic E-state index is 12.3. The summed E-state index contributed by atoms with van der Waals surface area (Å²) in [7, 11) is 1.66. The van der Waals surface area contributed by atoms with Crippen molar-refractivity contribution in [3.63, 3.8) is 0 Å². The summed E-state index contributed by atoms with van der Waals surface area (Å²) in [6.07, 6.45) is 5.42. The summed E-state index contributed by atoms with van der Waals surface area (Å²) in [6, 6.07) is 8.26. The van der Waals surface area contributed by atoms with Gasteiger partial charge < -0.3 is 15.4 Å². The van der Waals surface area contributed by atoms with Gasteiger partial charge in [0.1, 0.15) is 5.75 Å². The van der Waals surface area contributed by atoms with Crippen LogP contribution in [0.4, 0.5) is 0 Å². The summed E-state index contributed by atoms with van der Waals surface area (Å²) in [5.74, 6) is 1.35. The second kappa shape index (κ2) is 6.06. The molecule has 2 atom stereocenters.